The summed E-state index contributed by atoms with van der Waals surface area (Å²) in [6.07, 6.45) is 5.11. The predicted molar refractivity (Wildman–Crippen MR) is 125 cm³/mol. The van der Waals surface area contributed by atoms with Crippen molar-refractivity contribution in [2.75, 3.05) is 39.3 Å². The van der Waals surface area contributed by atoms with Crippen molar-refractivity contribution in [3.05, 3.63) is 35.5 Å². The lowest BCUT2D eigenvalue weighted by Crippen LogP contribution is -2.53. The van der Waals surface area contributed by atoms with Crippen molar-refractivity contribution in [2.24, 2.45) is 4.99 Å². The second-order valence-corrected chi connectivity index (χ2v) is 8.96. The van der Waals surface area contributed by atoms with E-state index in [0.29, 0.717) is 38.4 Å². The van der Waals surface area contributed by atoms with Crippen molar-refractivity contribution in [3.63, 3.8) is 0 Å². The first kappa shape index (κ1) is 24.6. The van der Waals surface area contributed by atoms with Gasteiger partial charge in [0.15, 0.2) is 5.96 Å². The van der Waals surface area contributed by atoms with E-state index in [0.717, 1.165) is 31.0 Å². The molecule has 0 bridgehead atoms. The fourth-order valence-electron chi connectivity index (χ4n) is 3.28. The van der Waals surface area contributed by atoms with Crippen LogP contribution in [0.1, 0.15) is 30.3 Å². The molecule has 12 heteroatoms. The first-order valence-corrected chi connectivity index (χ1v) is 11.5. The smallest absolute Gasteiger partial charge is 0.220 e. The maximum Gasteiger partial charge on any atom is 0.220 e. The molecular weight excluding hydrogens is 521 g/mol. The number of aromatic nitrogens is 3. The van der Waals surface area contributed by atoms with E-state index >= 15 is 0 Å². The Morgan fingerprint density at radius 1 is 1.33 bits per heavy atom. The van der Waals surface area contributed by atoms with Gasteiger partial charge >= 0.3 is 0 Å². The zero-order chi connectivity index (χ0) is 20.7. The van der Waals surface area contributed by atoms with Crippen molar-refractivity contribution in [1.82, 2.24) is 29.9 Å². The SMILES string of the molecule is CCNC(=NCCCc1cn[nH]c1C)N1CCN(S(=O)(=O)Cc2ccon2)CC1.I. The van der Waals surface area contributed by atoms with Crippen molar-refractivity contribution >= 4 is 40.0 Å². The first-order chi connectivity index (χ1) is 14.0. The number of sulfonamides is 1. The lowest BCUT2D eigenvalue weighted by atomic mass is 10.1. The van der Waals surface area contributed by atoms with Gasteiger partial charge in [-0.2, -0.15) is 9.40 Å². The van der Waals surface area contributed by atoms with Crippen LogP contribution in [-0.2, 0) is 22.2 Å². The van der Waals surface area contributed by atoms with E-state index in [1.165, 1.54) is 16.1 Å². The van der Waals surface area contributed by atoms with Crippen LogP contribution < -0.4 is 5.32 Å². The summed E-state index contributed by atoms with van der Waals surface area (Å²) in [4.78, 5) is 6.84. The Balaban J connectivity index is 0.00000320. The second kappa shape index (κ2) is 11.6. The first-order valence-electron chi connectivity index (χ1n) is 9.89. The fraction of sp³-hybridized carbons (Fsp3) is 0.611. The molecule has 0 amide bonds. The van der Waals surface area contributed by atoms with Crippen LogP contribution >= 0.6 is 24.0 Å². The Labute approximate surface area is 194 Å². The highest BCUT2D eigenvalue weighted by Gasteiger charge is 2.28. The molecule has 2 aromatic heterocycles. The molecule has 0 aromatic carbocycles. The summed E-state index contributed by atoms with van der Waals surface area (Å²) in [5.74, 6) is 0.704. The van der Waals surface area contributed by atoms with Crippen LogP contribution in [0.2, 0.25) is 0 Å². The molecule has 0 unspecified atom stereocenters. The standard InChI is InChI=1S/C18H29N7O3S.HI/c1-3-19-18(20-7-4-5-16-13-21-22-15(16)2)24-8-10-25(11-9-24)29(26,27)14-17-6-12-28-23-17;/h6,12-13H,3-5,7-11,14H2,1-2H3,(H,19,20)(H,21,22);1H. The molecule has 3 rings (SSSR count). The number of piperazine rings is 1. The molecule has 0 saturated carbocycles. The summed E-state index contributed by atoms with van der Waals surface area (Å²) in [5, 5.41) is 14.0. The Bertz CT molecular complexity index is 891. The summed E-state index contributed by atoms with van der Waals surface area (Å²) in [6.45, 7) is 7.59. The number of aliphatic imine (C=N–C) groups is 1. The molecule has 1 aliphatic heterocycles. The minimum absolute atomic E-state index is 0. The van der Waals surface area contributed by atoms with Crippen LogP contribution in [0.5, 0.6) is 0 Å². The Morgan fingerprint density at radius 3 is 2.70 bits per heavy atom. The minimum Gasteiger partial charge on any atom is -0.364 e. The van der Waals surface area contributed by atoms with Crippen LogP contribution in [0.3, 0.4) is 0 Å². The van der Waals surface area contributed by atoms with E-state index in [9.17, 15) is 8.42 Å². The molecule has 30 heavy (non-hydrogen) atoms. The van der Waals surface area contributed by atoms with E-state index < -0.39 is 10.0 Å². The Hall–Kier alpha value is -1.67. The summed E-state index contributed by atoms with van der Waals surface area (Å²) in [7, 11) is -3.40. The summed E-state index contributed by atoms with van der Waals surface area (Å²) in [6, 6.07) is 1.58. The monoisotopic (exact) mass is 551 g/mol. The molecule has 0 spiro atoms. The van der Waals surface area contributed by atoms with Gasteiger partial charge < -0.3 is 14.7 Å². The van der Waals surface area contributed by atoms with Crippen LogP contribution in [0.4, 0.5) is 0 Å². The number of halogens is 1. The third-order valence-electron chi connectivity index (χ3n) is 4.89. The zero-order valence-corrected chi connectivity index (χ0v) is 20.5. The maximum atomic E-state index is 12.6. The quantitative estimate of drug-likeness (QED) is 0.220. The maximum absolute atomic E-state index is 12.6. The Kier molecular flexibility index (Phi) is 9.55. The van der Waals surface area contributed by atoms with Gasteiger partial charge in [0.2, 0.25) is 10.0 Å². The molecular formula is C18H30IN7O3S. The highest BCUT2D eigenvalue weighted by atomic mass is 127. The van der Waals surface area contributed by atoms with E-state index in [1.54, 1.807) is 6.07 Å². The molecule has 0 aliphatic carbocycles. The summed E-state index contributed by atoms with van der Waals surface area (Å²) >= 11 is 0. The molecule has 2 N–H and O–H groups in total. The zero-order valence-electron chi connectivity index (χ0n) is 17.4. The molecule has 1 aliphatic rings. The number of rotatable bonds is 8. The number of H-pyrrole nitrogens is 1. The molecule has 0 atom stereocenters. The van der Waals surface area contributed by atoms with Crippen molar-refractivity contribution in [2.45, 2.75) is 32.4 Å². The number of aromatic amines is 1. The number of nitrogens with one attached hydrogen (secondary N) is 2. The summed E-state index contributed by atoms with van der Waals surface area (Å²) in [5.41, 5.74) is 2.75. The van der Waals surface area contributed by atoms with Crippen molar-refractivity contribution in [1.29, 1.82) is 0 Å². The molecule has 2 aromatic rings. The number of hydrogen-bond donors (Lipinski definition) is 2. The third-order valence-corrected chi connectivity index (χ3v) is 6.70. The van der Waals surface area contributed by atoms with Gasteiger partial charge in [-0.3, -0.25) is 10.1 Å². The van der Waals surface area contributed by atoms with Gasteiger partial charge in [0, 0.05) is 51.0 Å². The topological polar surface area (TPSA) is 120 Å². The van der Waals surface area contributed by atoms with Crippen LogP contribution in [-0.4, -0.2) is 78.2 Å². The highest BCUT2D eigenvalue weighted by molar-refractivity contribution is 14.0. The number of nitrogens with zero attached hydrogens (tertiary/aromatic N) is 5. The van der Waals surface area contributed by atoms with Crippen molar-refractivity contribution < 1.29 is 12.9 Å². The predicted octanol–water partition coefficient (Wildman–Crippen LogP) is 1.37. The van der Waals surface area contributed by atoms with Crippen LogP contribution in [0, 0.1) is 6.92 Å². The van der Waals surface area contributed by atoms with E-state index in [2.05, 4.69) is 25.6 Å². The van der Waals surface area contributed by atoms with Crippen molar-refractivity contribution in [3.8, 4) is 0 Å². The van der Waals surface area contributed by atoms with Gasteiger partial charge in [0.05, 0.1) is 11.9 Å². The van der Waals surface area contributed by atoms with E-state index in [-0.39, 0.29) is 29.7 Å². The van der Waals surface area contributed by atoms with Gasteiger partial charge in [-0.05, 0) is 32.3 Å². The summed E-state index contributed by atoms with van der Waals surface area (Å²) < 4.78 is 31.4. The molecule has 3 heterocycles. The fourth-order valence-corrected chi connectivity index (χ4v) is 4.70. The average Bonchev–Trinajstić information content (AvgIpc) is 3.36. The van der Waals surface area contributed by atoms with Gasteiger partial charge in [0.1, 0.15) is 12.0 Å². The minimum atomic E-state index is -3.40. The third kappa shape index (κ3) is 6.67. The van der Waals surface area contributed by atoms with Gasteiger partial charge in [-0.25, -0.2) is 8.42 Å². The molecule has 0 radical (unpaired) electrons. The lowest BCUT2D eigenvalue weighted by molar-refractivity contribution is 0.260. The number of aryl methyl sites for hydroxylation is 2. The second-order valence-electron chi connectivity index (χ2n) is 6.99. The van der Waals surface area contributed by atoms with Gasteiger partial charge in [0.25, 0.3) is 0 Å². The average molecular weight is 551 g/mol. The largest absolute Gasteiger partial charge is 0.364 e. The van der Waals surface area contributed by atoms with E-state index in [1.807, 2.05) is 20.0 Å². The van der Waals surface area contributed by atoms with Crippen LogP contribution in [0.15, 0.2) is 28.0 Å². The van der Waals surface area contributed by atoms with E-state index in [4.69, 9.17) is 9.52 Å². The van der Waals surface area contributed by atoms with Crippen LogP contribution in [0.25, 0.3) is 0 Å². The number of guanidine groups is 1. The molecule has 1 saturated heterocycles. The number of hydrogen-bond acceptors (Lipinski definition) is 6. The van der Waals surface area contributed by atoms with Gasteiger partial charge in [-0.1, -0.05) is 5.16 Å². The molecule has 168 valence electrons. The molecule has 10 nitrogen and oxygen atoms in total. The lowest BCUT2D eigenvalue weighted by Gasteiger charge is -2.35. The Morgan fingerprint density at radius 2 is 2.10 bits per heavy atom. The highest BCUT2D eigenvalue weighted by Crippen LogP contribution is 2.13. The normalized spacial score (nSPS) is 15.8. The van der Waals surface area contributed by atoms with Gasteiger partial charge in [-0.15, -0.1) is 24.0 Å². The molecule has 1 fully saturated rings.